The quantitative estimate of drug-likeness (QED) is 0.404. The second kappa shape index (κ2) is 11.5. The fourth-order valence-electron chi connectivity index (χ4n) is 2.96. The van der Waals surface area contributed by atoms with Crippen molar-refractivity contribution in [1.82, 2.24) is 10.2 Å². The van der Waals surface area contributed by atoms with E-state index in [-0.39, 0.29) is 24.0 Å². The zero-order valence-corrected chi connectivity index (χ0v) is 16.4. The maximum Gasteiger partial charge on any atom is 0.193 e. The van der Waals surface area contributed by atoms with Crippen LogP contribution < -0.4 is 5.32 Å². The zero-order valence-electron chi connectivity index (χ0n) is 14.1. The van der Waals surface area contributed by atoms with Gasteiger partial charge in [-0.3, -0.25) is 4.99 Å². The standard InChI is InChI=1S/C16H31N3O2.HI/c1-3-17-16(18-13-15-5-4-10-21-15)19(2)9-6-14-7-11-20-12-8-14;/h14-15H,3-13H2,1-2H3,(H,17,18);1H. The van der Waals surface area contributed by atoms with Crippen LogP contribution >= 0.6 is 24.0 Å². The lowest BCUT2D eigenvalue weighted by atomic mass is 9.96. The highest BCUT2D eigenvalue weighted by atomic mass is 127. The number of ether oxygens (including phenoxy) is 2. The van der Waals surface area contributed by atoms with Gasteiger partial charge in [0.2, 0.25) is 0 Å². The van der Waals surface area contributed by atoms with E-state index in [0.29, 0.717) is 6.10 Å². The van der Waals surface area contributed by atoms with Crippen LogP contribution in [0.25, 0.3) is 0 Å². The Kier molecular flexibility index (Phi) is 10.4. The number of guanidine groups is 1. The van der Waals surface area contributed by atoms with E-state index < -0.39 is 0 Å². The summed E-state index contributed by atoms with van der Waals surface area (Å²) in [5.74, 6) is 1.82. The van der Waals surface area contributed by atoms with E-state index in [4.69, 9.17) is 14.5 Å². The molecule has 0 radical (unpaired) electrons. The van der Waals surface area contributed by atoms with Crippen molar-refractivity contribution < 1.29 is 9.47 Å². The molecule has 0 aliphatic carbocycles. The van der Waals surface area contributed by atoms with Gasteiger partial charge in [0.15, 0.2) is 5.96 Å². The molecule has 2 rings (SSSR count). The van der Waals surface area contributed by atoms with Gasteiger partial charge in [-0.05, 0) is 44.9 Å². The van der Waals surface area contributed by atoms with Gasteiger partial charge in [0.1, 0.15) is 0 Å². The lowest BCUT2D eigenvalue weighted by molar-refractivity contribution is 0.0625. The summed E-state index contributed by atoms with van der Waals surface area (Å²) in [5.41, 5.74) is 0. The van der Waals surface area contributed by atoms with E-state index in [2.05, 4.69) is 24.2 Å². The Morgan fingerprint density at radius 1 is 1.23 bits per heavy atom. The molecule has 1 unspecified atom stereocenters. The third-order valence-corrected chi connectivity index (χ3v) is 4.38. The van der Waals surface area contributed by atoms with Gasteiger partial charge in [0.05, 0.1) is 12.6 Å². The highest BCUT2D eigenvalue weighted by molar-refractivity contribution is 14.0. The van der Waals surface area contributed by atoms with Gasteiger partial charge in [-0.15, -0.1) is 24.0 Å². The van der Waals surface area contributed by atoms with Crippen LogP contribution in [0, 0.1) is 5.92 Å². The predicted molar refractivity (Wildman–Crippen MR) is 101 cm³/mol. The van der Waals surface area contributed by atoms with Crippen LogP contribution in [0.2, 0.25) is 0 Å². The molecule has 0 bridgehead atoms. The van der Waals surface area contributed by atoms with Crippen LogP contribution in [0.5, 0.6) is 0 Å². The van der Waals surface area contributed by atoms with E-state index in [1.807, 2.05) is 0 Å². The van der Waals surface area contributed by atoms with Crippen molar-refractivity contribution in [2.24, 2.45) is 10.9 Å². The van der Waals surface area contributed by atoms with E-state index in [0.717, 1.165) is 57.8 Å². The fraction of sp³-hybridized carbons (Fsp3) is 0.938. The maximum atomic E-state index is 5.65. The van der Waals surface area contributed by atoms with Gasteiger partial charge in [0, 0.05) is 40.0 Å². The zero-order chi connectivity index (χ0) is 14.9. The molecular formula is C16H32IN3O2. The summed E-state index contributed by atoms with van der Waals surface area (Å²) >= 11 is 0. The first-order chi connectivity index (χ1) is 10.3. The number of nitrogens with zero attached hydrogens (tertiary/aromatic N) is 2. The molecule has 22 heavy (non-hydrogen) atoms. The Balaban J connectivity index is 0.00000242. The molecule has 2 saturated heterocycles. The first-order valence-corrected chi connectivity index (χ1v) is 8.48. The molecule has 0 aromatic heterocycles. The van der Waals surface area contributed by atoms with Crippen molar-refractivity contribution in [3.05, 3.63) is 0 Å². The maximum absolute atomic E-state index is 5.65. The first-order valence-electron chi connectivity index (χ1n) is 8.48. The number of hydrogen-bond acceptors (Lipinski definition) is 3. The topological polar surface area (TPSA) is 46.1 Å². The van der Waals surface area contributed by atoms with Crippen LogP contribution in [0.15, 0.2) is 4.99 Å². The molecule has 130 valence electrons. The van der Waals surface area contributed by atoms with Gasteiger partial charge in [-0.25, -0.2) is 0 Å². The monoisotopic (exact) mass is 425 g/mol. The van der Waals surface area contributed by atoms with E-state index in [9.17, 15) is 0 Å². The molecule has 2 aliphatic rings. The molecule has 2 heterocycles. The molecule has 0 spiro atoms. The van der Waals surface area contributed by atoms with E-state index in [1.54, 1.807) is 0 Å². The summed E-state index contributed by atoms with van der Waals surface area (Å²) in [6, 6.07) is 0. The minimum atomic E-state index is 0. The van der Waals surface area contributed by atoms with E-state index >= 15 is 0 Å². The van der Waals surface area contributed by atoms with Gasteiger partial charge < -0.3 is 19.7 Å². The second-order valence-electron chi connectivity index (χ2n) is 6.10. The lowest BCUT2D eigenvalue weighted by Gasteiger charge is -2.27. The second-order valence-corrected chi connectivity index (χ2v) is 6.10. The lowest BCUT2D eigenvalue weighted by Crippen LogP contribution is -2.40. The Labute approximate surface area is 152 Å². The normalized spacial score (nSPS) is 23.2. The van der Waals surface area contributed by atoms with Crippen molar-refractivity contribution in [2.75, 3.05) is 46.5 Å². The molecule has 2 aliphatic heterocycles. The third-order valence-electron chi connectivity index (χ3n) is 4.38. The van der Waals surface area contributed by atoms with Crippen LogP contribution in [0.3, 0.4) is 0 Å². The molecular weight excluding hydrogens is 393 g/mol. The summed E-state index contributed by atoms with van der Waals surface area (Å²) in [6.45, 7) is 7.63. The number of rotatable bonds is 6. The molecule has 0 aromatic carbocycles. The highest BCUT2D eigenvalue weighted by Gasteiger charge is 2.17. The molecule has 6 heteroatoms. The molecule has 2 fully saturated rings. The SMILES string of the molecule is CCNC(=NCC1CCCO1)N(C)CCC1CCOCC1.I. The van der Waals surface area contributed by atoms with Gasteiger partial charge in [-0.1, -0.05) is 0 Å². The van der Waals surface area contributed by atoms with Crippen molar-refractivity contribution in [3.8, 4) is 0 Å². The summed E-state index contributed by atoms with van der Waals surface area (Å²) in [6.07, 6.45) is 6.28. The van der Waals surface area contributed by atoms with Crippen molar-refractivity contribution >= 4 is 29.9 Å². The minimum absolute atomic E-state index is 0. The Morgan fingerprint density at radius 3 is 2.64 bits per heavy atom. The Hall–Kier alpha value is -0.0800. The summed E-state index contributed by atoms with van der Waals surface area (Å²) in [7, 11) is 2.14. The molecule has 5 nitrogen and oxygen atoms in total. The van der Waals surface area contributed by atoms with E-state index in [1.165, 1.54) is 25.7 Å². The summed E-state index contributed by atoms with van der Waals surface area (Å²) in [5, 5.41) is 3.39. The number of halogens is 1. The van der Waals surface area contributed by atoms with Crippen LogP contribution in [0.1, 0.15) is 39.0 Å². The Bertz CT molecular complexity index is 317. The number of nitrogens with one attached hydrogen (secondary N) is 1. The number of aliphatic imine (C=N–C) groups is 1. The first kappa shape index (κ1) is 20.0. The molecule has 0 saturated carbocycles. The van der Waals surface area contributed by atoms with Gasteiger partial charge >= 0.3 is 0 Å². The Morgan fingerprint density at radius 2 is 2.00 bits per heavy atom. The molecule has 0 aromatic rings. The van der Waals surface area contributed by atoms with Crippen LogP contribution in [-0.4, -0.2) is 63.5 Å². The largest absolute Gasteiger partial charge is 0.381 e. The van der Waals surface area contributed by atoms with Gasteiger partial charge in [0.25, 0.3) is 0 Å². The number of hydrogen-bond donors (Lipinski definition) is 1. The van der Waals surface area contributed by atoms with Crippen molar-refractivity contribution in [3.63, 3.8) is 0 Å². The average Bonchev–Trinajstić information content (AvgIpc) is 3.03. The third kappa shape index (κ3) is 7.00. The van der Waals surface area contributed by atoms with Crippen molar-refractivity contribution in [2.45, 2.75) is 45.1 Å². The van der Waals surface area contributed by atoms with Crippen LogP contribution in [0.4, 0.5) is 0 Å². The summed E-state index contributed by atoms with van der Waals surface area (Å²) < 4.78 is 11.1. The summed E-state index contributed by atoms with van der Waals surface area (Å²) in [4.78, 5) is 7.00. The van der Waals surface area contributed by atoms with Crippen LogP contribution in [-0.2, 0) is 9.47 Å². The minimum Gasteiger partial charge on any atom is -0.381 e. The van der Waals surface area contributed by atoms with Crippen molar-refractivity contribution in [1.29, 1.82) is 0 Å². The molecule has 0 amide bonds. The smallest absolute Gasteiger partial charge is 0.193 e. The predicted octanol–water partition coefficient (Wildman–Crippen LogP) is 2.50. The average molecular weight is 425 g/mol. The molecule has 1 atom stereocenters. The highest BCUT2D eigenvalue weighted by Crippen LogP contribution is 2.18. The fourth-order valence-corrected chi connectivity index (χ4v) is 2.96. The van der Waals surface area contributed by atoms with Gasteiger partial charge in [-0.2, -0.15) is 0 Å². The molecule has 1 N–H and O–H groups in total.